The highest BCUT2D eigenvalue weighted by atomic mass is 32.2. The first-order chi connectivity index (χ1) is 17.3. The van der Waals surface area contributed by atoms with E-state index >= 15 is 0 Å². The predicted molar refractivity (Wildman–Crippen MR) is 146 cm³/mol. The molecule has 0 heterocycles. The Hall–Kier alpha value is -2.95. The van der Waals surface area contributed by atoms with Gasteiger partial charge in [0.25, 0.3) is 0 Å². The van der Waals surface area contributed by atoms with Gasteiger partial charge >= 0.3 is 0 Å². The fourth-order valence-electron chi connectivity index (χ4n) is 3.95. The maximum atomic E-state index is 13.1. The summed E-state index contributed by atoms with van der Waals surface area (Å²) in [7, 11) is 4.77. The lowest BCUT2D eigenvalue weighted by Gasteiger charge is -2.20. The molecule has 0 unspecified atom stereocenters. The fraction of sp³-hybridized carbons (Fsp3) is 0.481. The molecule has 0 aromatic heterocycles. The number of Topliss-reactive ketones (excluding diaryl/α,β-unsaturated/α-hetero) is 1. The Balaban J connectivity index is 1.87. The molecule has 0 aliphatic carbocycles. The normalized spacial score (nSPS) is 11.6. The Kier molecular flexibility index (Phi) is 11.1. The maximum absolute atomic E-state index is 13.1. The highest BCUT2D eigenvalue weighted by molar-refractivity contribution is 7.89. The number of aryl methyl sites for hydroxylation is 2. The van der Waals surface area contributed by atoms with Gasteiger partial charge in [0.2, 0.25) is 15.9 Å². The van der Waals surface area contributed by atoms with Crippen molar-refractivity contribution in [1.29, 1.82) is 0 Å². The van der Waals surface area contributed by atoms with Gasteiger partial charge in [-0.25, -0.2) is 8.42 Å². The van der Waals surface area contributed by atoms with Gasteiger partial charge in [0, 0.05) is 52.3 Å². The van der Waals surface area contributed by atoms with Crippen molar-refractivity contribution in [2.75, 3.05) is 60.3 Å². The minimum atomic E-state index is -3.88. The monoisotopic (exact) mass is 532 g/mol. The number of ether oxygens (including phenoxy) is 1. The van der Waals surface area contributed by atoms with Gasteiger partial charge in [0.05, 0.1) is 18.6 Å². The van der Waals surface area contributed by atoms with Crippen LogP contribution in [0.3, 0.4) is 0 Å². The molecule has 0 aliphatic heterocycles. The zero-order valence-electron chi connectivity index (χ0n) is 23.0. The van der Waals surface area contributed by atoms with Crippen molar-refractivity contribution in [1.82, 2.24) is 14.1 Å². The number of rotatable bonds is 14. The Labute approximate surface area is 221 Å². The Morgan fingerprint density at radius 3 is 2.08 bits per heavy atom. The number of ketones is 1. The van der Waals surface area contributed by atoms with Crippen LogP contribution in [0.1, 0.15) is 29.5 Å². The molecule has 0 saturated carbocycles. The van der Waals surface area contributed by atoms with E-state index in [4.69, 9.17) is 4.74 Å². The highest BCUT2D eigenvalue weighted by Gasteiger charge is 2.27. The summed E-state index contributed by atoms with van der Waals surface area (Å²) in [5, 5.41) is 3.35. The number of anilines is 1. The number of nitrogens with one attached hydrogen (secondary N) is 1. The molecule has 0 radical (unpaired) electrons. The first-order valence-electron chi connectivity index (χ1n) is 12.2. The number of amides is 1. The zero-order valence-corrected chi connectivity index (χ0v) is 23.8. The van der Waals surface area contributed by atoms with E-state index in [2.05, 4.69) is 10.2 Å². The van der Waals surface area contributed by atoms with Crippen LogP contribution >= 0.6 is 0 Å². The van der Waals surface area contributed by atoms with Gasteiger partial charge in [-0.1, -0.05) is 12.1 Å². The second-order valence-electron chi connectivity index (χ2n) is 9.57. The third kappa shape index (κ3) is 8.84. The van der Waals surface area contributed by atoms with Crippen LogP contribution < -0.4 is 10.1 Å². The van der Waals surface area contributed by atoms with Crippen molar-refractivity contribution < 1.29 is 22.7 Å². The summed E-state index contributed by atoms with van der Waals surface area (Å²) in [6.45, 7) is 5.29. The molecule has 0 aliphatic rings. The SMILES string of the molecule is COc1cc(C)c(S(=O)(=O)N(C)CC(=O)CCC(=O)N(C)Cc2ccc(NCCN(C)C)cc2)c(C)c1. The third-order valence-electron chi connectivity index (χ3n) is 6.04. The van der Waals surface area contributed by atoms with E-state index in [-0.39, 0.29) is 36.0 Å². The van der Waals surface area contributed by atoms with E-state index < -0.39 is 10.0 Å². The van der Waals surface area contributed by atoms with Crippen LogP contribution in [0.5, 0.6) is 5.75 Å². The lowest BCUT2D eigenvalue weighted by atomic mass is 10.1. The number of carbonyl (C=O) groups excluding carboxylic acids is 2. The third-order valence-corrected chi connectivity index (χ3v) is 8.15. The first-order valence-corrected chi connectivity index (χ1v) is 13.6. The molecular weight excluding hydrogens is 492 g/mol. The summed E-state index contributed by atoms with van der Waals surface area (Å²) in [5.41, 5.74) is 3.09. The topological polar surface area (TPSA) is 99.3 Å². The van der Waals surface area contributed by atoms with E-state index in [0.29, 0.717) is 23.4 Å². The van der Waals surface area contributed by atoms with Gasteiger partial charge in [-0.3, -0.25) is 9.59 Å². The van der Waals surface area contributed by atoms with Crippen LogP contribution in [0.25, 0.3) is 0 Å². The van der Waals surface area contributed by atoms with E-state index in [1.54, 1.807) is 37.9 Å². The Morgan fingerprint density at radius 1 is 0.946 bits per heavy atom. The molecular formula is C27H40N4O5S. The zero-order chi connectivity index (χ0) is 27.8. The van der Waals surface area contributed by atoms with Crippen molar-refractivity contribution >= 4 is 27.4 Å². The minimum absolute atomic E-state index is 0.0218. The van der Waals surface area contributed by atoms with Crippen molar-refractivity contribution in [3.05, 3.63) is 53.1 Å². The molecule has 10 heteroatoms. The van der Waals surface area contributed by atoms with Gasteiger partial charge < -0.3 is 19.9 Å². The molecule has 37 heavy (non-hydrogen) atoms. The first kappa shape index (κ1) is 30.3. The average Bonchev–Trinajstić information content (AvgIpc) is 2.82. The van der Waals surface area contributed by atoms with Crippen LogP contribution in [-0.2, 0) is 26.2 Å². The number of hydrogen-bond donors (Lipinski definition) is 1. The molecule has 9 nitrogen and oxygen atoms in total. The average molecular weight is 533 g/mol. The van der Waals surface area contributed by atoms with Crippen LogP contribution in [-0.4, -0.2) is 89.1 Å². The quantitative estimate of drug-likeness (QED) is 0.399. The molecule has 1 amide bonds. The number of carbonyl (C=O) groups is 2. The lowest BCUT2D eigenvalue weighted by molar-refractivity contribution is -0.132. The summed E-state index contributed by atoms with van der Waals surface area (Å²) in [6.07, 6.45) is -0.00761. The Bertz CT molecular complexity index is 1160. The van der Waals surface area contributed by atoms with Gasteiger partial charge in [0.1, 0.15) is 11.5 Å². The van der Waals surface area contributed by atoms with E-state index in [0.717, 1.165) is 28.6 Å². The largest absolute Gasteiger partial charge is 0.497 e. The van der Waals surface area contributed by atoms with E-state index in [1.165, 1.54) is 14.2 Å². The Morgan fingerprint density at radius 2 is 1.54 bits per heavy atom. The van der Waals surface area contributed by atoms with Crippen LogP contribution in [0.4, 0.5) is 5.69 Å². The van der Waals surface area contributed by atoms with Gasteiger partial charge in [-0.2, -0.15) is 4.31 Å². The smallest absolute Gasteiger partial charge is 0.243 e. The molecule has 0 atom stereocenters. The van der Waals surface area contributed by atoms with Crippen LogP contribution in [0.2, 0.25) is 0 Å². The minimum Gasteiger partial charge on any atom is -0.497 e. The number of nitrogens with zero attached hydrogens (tertiary/aromatic N) is 3. The molecule has 204 valence electrons. The summed E-state index contributed by atoms with van der Waals surface area (Å²) >= 11 is 0. The van der Waals surface area contributed by atoms with Crippen molar-refractivity contribution in [3.63, 3.8) is 0 Å². The van der Waals surface area contributed by atoms with Crippen molar-refractivity contribution in [3.8, 4) is 5.75 Å². The lowest BCUT2D eigenvalue weighted by Crippen LogP contribution is -2.34. The fourth-order valence-corrected chi connectivity index (χ4v) is 5.51. The maximum Gasteiger partial charge on any atom is 0.243 e. The molecule has 2 rings (SSSR count). The molecule has 2 aromatic carbocycles. The molecule has 0 spiro atoms. The number of sulfonamides is 1. The van der Waals surface area contributed by atoms with Gasteiger partial charge in [0.15, 0.2) is 0 Å². The highest BCUT2D eigenvalue weighted by Crippen LogP contribution is 2.27. The molecule has 2 aromatic rings. The summed E-state index contributed by atoms with van der Waals surface area (Å²) in [5.74, 6) is 0.0848. The van der Waals surface area contributed by atoms with Crippen molar-refractivity contribution in [2.24, 2.45) is 0 Å². The summed E-state index contributed by atoms with van der Waals surface area (Å²) in [4.78, 5) is 29.0. The number of likely N-dealkylation sites (N-methyl/N-ethyl adjacent to an activating group) is 2. The summed E-state index contributed by atoms with van der Waals surface area (Å²) in [6, 6.07) is 11.2. The molecule has 1 N–H and O–H groups in total. The number of hydrogen-bond acceptors (Lipinski definition) is 7. The van der Waals surface area contributed by atoms with Crippen molar-refractivity contribution in [2.45, 2.75) is 38.1 Å². The molecule has 0 saturated heterocycles. The van der Waals surface area contributed by atoms with Gasteiger partial charge in [-0.05, 0) is 68.9 Å². The van der Waals surface area contributed by atoms with Gasteiger partial charge in [-0.15, -0.1) is 0 Å². The standard InChI is InChI=1S/C27H40N4O5S/c1-20-16-25(36-7)17-21(2)27(20)37(34,35)31(6)19-24(32)12-13-26(33)30(5)18-22-8-10-23(11-9-22)28-14-15-29(3)4/h8-11,16-17,28H,12-15,18-19H2,1-7H3. The second-order valence-corrected chi connectivity index (χ2v) is 11.5. The molecule has 0 bridgehead atoms. The molecule has 0 fully saturated rings. The van der Waals surface area contributed by atoms with Crippen LogP contribution in [0.15, 0.2) is 41.3 Å². The van der Waals surface area contributed by atoms with Crippen LogP contribution in [0, 0.1) is 13.8 Å². The predicted octanol–water partition coefficient (Wildman–Crippen LogP) is 2.91. The second kappa shape index (κ2) is 13.6. The van der Waals surface area contributed by atoms with E-state index in [1.807, 2.05) is 38.4 Å². The summed E-state index contributed by atoms with van der Waals surface area (Å²) < 4.78 is 32.5. The number of methoxy groups -OCH3 is 1. The number of benzene rings is 2. The van der Waals surface area contributed by atoms with E-state index in [9.17, 15) is 18.0 Å².